The average Bonchev–Trinajstić information content (AvgIpc) is 2.30. The van der Waals surface area contributed by atoms with Crippen molar-refractivity contribution in [2.24, 2.45) is 11.7 Å². The summed E-state index contributed by atoms with van der Waals surface area (Å²) in [4.78, 5) is 0. The van der Waals surface area contributed by atoms with E-state index in [0.717, 1.165) is 31.6 Å². The zero-order chi connectivity index (χ0) is 9.80. The molecule has 1 aromatic rings. The average molecular weight is 193 g/mol. The third kappa shape index (κ3) is 2.08. The van der Waals surface area contributed by atoms with Gasteiger partial charge in [-0.25, -0.2) is 0 Å². The second kappa shape index (κ2) is 4.48. The molecule has 0 bridgehead atoms. The standard InChI is InChI=1S/C10H15N3O/c11-10(8-3-4-12-13-6-8)9-2-1-5-14-7-9/h3-4,6,9-10H,1-2,5,7,11H2. The van der Waals surface area contributed by atoms with Crippen LogP contribution in [-0.4, -0.2) is 23.4 Å². The van der Waals surface area contributed by atoms with Gasteiger partial charge in [0.1, 0.15) is 0 Å². The molecule has 2 rings (SSSR count). The molecule has 1 aromatic heterocycles. The van der Waals surface area contributed by atoms with Gasteiger partial charge in [0.15, 0.2) is 0 Å². The van der Waals surface area contributed by atoms with Gasteiger partial charge in [-0.2, -0.15) is 10.2 Å². The first-order chi connectivity index (χ1) is 6.88. The summed E-state index contributed by atoms with van der Waals surface area (Å²) in [6.07, 6.45) is 5.67. The smallest absolute Gasteiger partial charge is 0.0544 e. The molecule has 0 spiro atoms. The van der Waals surface area contributed by atoms with Crippen LogP contribution < -0.4 is 5.73 Å². The number of nitrogens with zero attached hydrogens (tertiary/aromatic N) is 2. The molecule has 14 heavy (non-hydrogen) atoms. The predicted molar refractivity (Wildman–Crippen MR) is 52.5 cm³/mol. The Morgan fingerprint density at radius 1 is 1.50 bits per heavy atom. The monoisotopic (exact) mass is 193 g/mol. The largest absolute Gasteiger partial charge is 0.381 e. The molecule has 2 N–H and O–H groups in total. The van der Waals surface area contributed by atoms with Crippen LogP contribution in [0, 0.1) is 5.92 Å². The van der Waals surface area contributed by atoms with Gasteiger partial charge in [0.2, 0.25) is 0 Å². The van der Waals surface area contributed by atoms with E-state index in [0.29, 0.717) is 5.92 Å². The summed E-state index contributed by atoms with van der Waals surface area (Å²) in [5.74, 6) is 0.424. The highest BCUT2D eigenvalue weighted by atomic mass is 16.5. The third-order valence-corrected chi connectivity index (χ3v) is 2.70. The Labute approximate surface area is 83.5 Å². The second-order valence-electron chi connectivity index (χ2n) is 3.68. The molecule has 0 radical (unpaired) electrons. The van der Waals surface area contributed by atoms with Gasteiger partial charge in [-0.05, 0) is 24.5 Å². The van der Waals surface area contributed by atoms with E-state index in [1.807, 2.05) is 6.07 Å². The Morgan fingerprint density at radius 3 is 3.07 bits per heavy atom. The van der Waals surface area contributed by atoms with E-state index in [1.54, 1.807) is 12.4 Å². The molecule has 4 nitrogen and oxygen atoms in total. The molecule has 0 aliphatic carbocycles. The number of hydrogen-bond acceptors (Lipinski definition) is 4. The van der Waals surface area contributed by atoms with Gasteiger partial charge in [-0.15, -0.1) is 0 Å². The maximum absolute atomic E-state index is 6.12. The van der Waals surface area contributed by atoms with Crippen molar-refractivity contribution in [3.05, 3.63) is 24.0 Å². The van der Waals surface area contributed by atoms with Gasteiger partial charge in [0, 0.05) is 24.8 Å². The number of nitrogens with two attached hydrogens (primary N) is 1. The minimum absolute atomic E-state index is 0.0331. The molecule has 2 atom stereocenters. The van der Waals surface area contributed by atoms with E-state index < -0.39 is 0 Å². The van der Waals surface area contributed by atoms with Gasteiger partial charge in [-0.1, -0.05) is 0 Å². The van der Waals surface area contributed by atoms with Crippen LogP contribution >= 0.6 is 0 Å². The van der Waals surface area contributed by atoms with E-state index in [-0.39, 0.29) is 6.04 Å². The number of hydrogen-bond donors (Lipinski definition) is 1. The molecule has 0 saturated carbocycles. The first-order valence-electron chi connectivity index (χ1n) is 4.98. The van der Waals surface area contributed by atoms with E-state index in [1.165, 1.54) is 0 Å². The van der Waals surface area contributed by atoms with Crippen molar-refractivity contribution in [3.63, 3.8) is 0 Å². The summed E-state index contributed by atoms with van der Waals surface area (Å²) in [5, 5.41) is 7.57. The van der Waals surface area contributed by atoms with Gasteiger partial charge in [-0.3, -0.25) is 0 Å². The highest BCUT2D eigenvalue weighted by molar-refractivity contribution is 5.12. The van der Waals surface area contributed by atoms with E-state index in [9.17, 15) is 0 Å². The normalized spacial score (nSPS) is 24.5. The summed E-state index contributed by atoms with van der Waals surface area (Å²) in [7, 11) is 0. The molecule has 76 valence electrons. The molecule has 4 heteroatoms. The second-order valence-corrected chi connectivity index (χ2v) is 3.68. The van der Waals surface area contributed by atoms with Crippen molar-refractivity contribution in [2.45, 2.75) is 18.9 Å². The van der Waals surface area contributed by atoms with Crippen LogP contribution in [-0.2, 0) is 4.74 Å². The maximum Gasteiger partial charge on any atom is 0.0544 e. The van der Waals surface area contributed by atoms with Crippen LogP contribution in [0.2, 0.25) is 0 Å². The number of rotatable bonds is 2. The van der Waals surface area contributed by atoms with Crippen LogP contribution in [0.5, 0.6) is 0 Å². The van der Waals surface area contributed by atoms with Crippen molar-refractivity contribution in [3.8, 4) is 0 Å². The minimum atomic E-state index is 0.0331. The summed E-state index contributed by atoms with van der Waals surface area (Å²) in [6, 6.07) is 1.96. The quantitative estimate of drug-likeness (QED) is 0.758. The Morgan fingerprint density at radius 2 is 2.43 bits per heavy atom. The highest BCUT2D eigenvalue weighted by Crippen LogP contribution is 2.25. The van der Waals surface area contributed by atoms with Crippen LogP contribution in [0.25, 0.3) is 0 Å². The van der Waals surface area contributed by atoms with Gasteiger partial charge in [0.05, 0.1) is 12.8 Å². The number of aromatic nitrogens is 2. The Hall–Kier alpha value is -1.00. The van der Waals surface area contributed by atoms with Crippen LogP contribution in [0.3, 0.4) is 0 Å². The number of ether oxygens (including phenoxy) is 1. The summed E-state index contributed by atoms with van der Waals surface area (Å²) in [6.45, 7) is 1.64. The lowest BCUT2D eigenvalue weighted by molar-refractivity contribution is 0.0447. The van der Waals surface area contributed by atoms with Crippen molar-refractivity contribution < 1.29 is 4.74 Å². The lowest BCUT2D eigenvalue weighted by Crippen LogP contribution is -2.29. The van der Waals surface area contributed by atoms with E-state index >= 15 is 0 Å². The third-order valence-electron chi connectivity index (χ3n) is 2.70. The Bertz CT molecular complexity index is 272. The minimum Gasteiger partial charge on any atom is -0.381 e. The van der Waals surface area contributed by atoms with Crippen molar-refractivity contribution in [1.82, 2.24) is 10.2 Å². The zero-order valence-electron chi connectivity index (χ0n) is 8.10. The fourth-order valence-electron chi connectivity index (χ4n) is 1.82. The van der Waals surface area contributed by atoms with Crippen LogP contribution in [0.4, 0.5) is 0 Å². The molecule has 1 saturated heterocycles. The van der Waals surface area contributed by atoms with Crippen molar-refractivity contribution >= 4 is 0 Å². The fraction of sp³-hybridized carbons (Fsp3) is 0.600. The van der Waals surface area contributed by atoms with E-state index in [2.05, 4.69) is 10.2 Å². The highest BCUT2D eigenvalue weighted by Gasteiger charge is 2.22. The Kier molecular flexibility index (Phi) is 3.06. The fourth-order valence-corrected chi connectivity index (χ4v) is 1.82. The molecule has 2 heterocycles. The molecular formula is C10H15N3O. The Balaban J connectivity index is 2.03. The molecule has 1 aliphatic heterocycles. The molecule has 0 aromatic carbocycles. The van der Waals surface area contributed by atoms with Gasteiger partial charge in [0.25, 0.3) is 0 Å². The topological polar surface area (TPSA) is 61.0 Å². The summed E-state index contributed by atoms with van der Waals surface area (Å²) < 4.78 is 5.41. The van der Waals surface area contributed by atoms with E-state index in [4.69, 9.17) is 10.5 Å². The molecule has 1 fully saturated rings. The van der Waals surface area contributed by atoms with Crippen molar-refractivity contribution in [2.75, 3.05) is 13.2 Å². The molecule has 2 unspecified atom stereocenters. The van der Waals surface area contributed by atoms with Crippen molar-refractivity contribution in [1.29, 1.82) is 0 Å². The summed E-state index contributed by atoms with van der Waals surface area (Å²) >= 11 is 0. The molecule has 1 aliphatic rings. The molecular weight excluding hydrogens is 178 g/mol. The van der Waals surface area contributed by atoms with Gasteiger partial charge >= 0.3 is 0 Å². The van der Waals surface area contributed by atoms with Crippen LogP contribution in [0.15, 0.2) is 18.5 Å². The lowest BCUT2D eigenvalue weighted by atomic mass is 9.90. The molecule has 0 amide bonds. The van der Waals surface area contributed by atoms with Gasteiger partial charge < -0.3 is 10.5 Å². The predicted octanol–water partition coefficient (Wildman–Crippen LogP) is 0.903. The lowest BCUT2D eigenvalue weighted by Gasteiger charge is -2.27. The maximum atomic E-state index is 6.12. The first kappa shape index (κ1) is 9.55. The summed E-state index contributed by atoms with van der Waals surface area (Å²) in [5.41, 5.74) is 7.17. The SMILES string of the molecule is NC(c1ccnnc1)C1CCCOC1. The zero-order valence-corrected chi connectivity index (χ0v) is 8.10. The van der Waals surface area contributed by atoms with Crippen LogP contribution in [0.1, 0.15) is 24.4 Å². The first-order valence-corrected chi connectivity index (χ1v) is 4.98.